The van der Waals surface area contributed by atoms with Gasteiger partial charge >= 0.3 is 0 Å². The molecule has 0 heterocycles. The first-order valence-corrected chi connectivity index (χ1v) is 10.3. The molecular weight excluding hydrogens is 324 g/mol. The van der Waals surface area contributed by atoms with Crippen LogP contribution in [0.3, 0.4) is 0 Å². The van der Waals surface area contributed by atoms with Crippen molar-refractivity contribution >= 4 is 0 Å². The Morgan fingerprint density at radius 2 is 1.78 bits per heavy atom. The summed E-state index contributed by atoms with van der Waals surface area (Å²) >= 11 is 0. The summed E-state index contributed by atoms with van der Waals surface area (Å²) in [7, 11) is 0. The highest BCUT2D eigenvalue weighted by atomic mass is 14.3. The Balaban J connectivity index is 1.89. The Bertz CT molecular complexity index is 748. The van der Waals surface area contributed by atoms with Crippen molar-refractivity contribution in [3.63, 3.8) is 0 Å². The molecule has 0 aliphatic heterocycles. The lowest BCUT2D eigenvalue weighted by molar-refractivity contribution is 0.377. The van der Waals surface area contributed by atoms with E-state index in [2.05, 4.69) is 101 Å². The predicted molar refractivity (Wildman–Crippen MR) is 121 cm³/mol. The predicted octanol–water partition coefficient (Wildman–Crippen LogP) is 8.15. The van der Waals surface area contributed by atoms with Crippen LogP contribution in [0, 0.1) is 5.41 Å². The van der Waals surface area contributed by atoms with E-state index in [1.165, 1.54) is 41.5 Å². The fraction of sp³-hybridized carbons (Fsp3) is 0.407. The summed E-state index contributed by atoms with van der Waals surface area (Å²) in [5, 5.41) is 0. The molecule has 0 N–H and O–H groups in total. The summed E-state index contributed by atoms with van der Waals surface area (Å²) in [5.41, 5.74) is 7.43. The van der Waals surface area contributed by atoms with Gasteiger partial charge in [0.1, 0.15) is 0 Å². The fourth-order valence-corrected chi connectivity index (χ4v) is 3.81. The van der Waals surface area contributed by atoms with Crippen molar-refractivity contribution in [2.24, 2.45) is 5.41 Å². The van der Waals surface area contributed by atoms with E-state index >= 15 is 0 Å². The Labute approximate surface area is 167 Å². The Hall–Kier alpha value is -2.08. The molecule has 0 bridgehead atoms. The van der Waals surface area contributed by atoms with Gasteiger partial charge in [-0.05, 0) is 69.4 Å². The van der Waals surface area contributed by atoms with Crippen LogP contribution in [0.15, 0.2) is 89.1 Å². The van der Waals surface area contributed by atoms with Crippen molar-refractivity contribution in [1.29, 1.82) is 0 Å². The van der Waals surface area contributed by atoms with Crippen LogP contribution < -0.4 is 0 Å². The van der Waals surface area contributed by atoms with E-state index in [-0.39, 0.29) is 0 Å². The smallest absolute Gasteiger partial charge is 0.0104 e. The maximum atomic E-state index is 2.37. The Morgan fingerprint density at radius 1 is 1.04 bits per heavy atom. The number of rotatable bonds is 7. The van der Waals surface area contributed by atoms with Gasteiger partial charge in [0.25, 0.3) is 0 Å². The number of allylic oxidation sites excluding steroid dienone is 10. The second kappa shape index (κ2) is 10.3. The molecule has 0 amide bonds. The van der Waals surface area contributed by atoms with Crippen LogP contribution in [-0.2, 0) is 6.42 Å². The number of hydrogen-bond acceptors (Lipinski definition) is 0. The van der Waals surface area contributed by atoms with Gasteiger partial charge in [0.2, 0.25) is 0 Å². The summed E-state index contributed by atoms with van der Waals surface area (Å²) < 4.78 is 0. The molecule has 0 unspecified atom stereocenters. The van der Waals surface area contributed by atoms with Gasteiger partial charge in [-0.3, -0.25) is 0 Å². The number of aryl methyl sites for hydroxylation is 1. The first kappa shape index (κ1) is 21.2. The van der Waals surface area contributed by atoms with Crippen LogP contribution in [0.25, 0.3) is 0 Å². The summed E-state index contributed by atoms with van der Waals surface area (Å²) in [6, 6.07) is 10.7. The molecule has 0 spiro atoms. The summed E-state index contributed by atoms with van der Waals surface area (Å²) in [6.07, 6.45) is 19.6. The molecule has 0 saturated carbocycles. The molecule has 0 radical (unpaired) electrons. The van der Waals surface area contributed by atoms with Crippen molar-refractivity contribution in [3.05, 3.63) is 94.6 Å². The van der Waals surface area contributed by atoms with Crippen LogP contribution in [0.5, 0.6) is 0 Å². The topological polar surface area (TPSA) is 0 Å². The SMILES string of the molecule is CC(C=CC1=C(C)CCCC1(C)C)=CC=CC(C)=CCCc1ccccc1. The molecule has 0 atom stereocenters. The summed E-state index contributed by atoms with van der Waals surface area (Å²) in [6.45, 7) is 11.4. The van der Waals surface area contributed by atoms with Crippen molar-refractivity contribution in [2.75, 3.05) is 0 Å². The molecule has 27 heavy (non-hydrogen) atoms. The standard InChI is InChI=1S/C27H36/c1-22(14-10-18-25-16-7-6-8-17-25)12-9-13-23(2)19-20-26-24(3)15-11-21-27(26,4)5/h6-9,12-14,16-17,19-20H,10-11,15,18,21H2,1-5H3. The van der Waals surface area contributed by atoms with Gasteiger partial charge in [-0.1, -0.05) is 97.4 Å². The van der Waals surface area contributed by atoms with E-state index in [0.29, 0.717) is 5.41 Å². The lowest BCUT2D eigenvalue weighted by Gasteiger charge is -2.32. The van der Waals surface area contributed by atoms with Gasteiger partial charge in [-0.2, -0.15) is 0 Å². The fourth-order valence-electron chi connectivity index (χ4n) is 3.81. The van der Waals surface area contributed by atoms with E-state index in [0.717, 1.165) is 12.8 Å². The highest BCUT2D eigenvalue weighted by molar-refractivity contribution is 5.37. The summed E-state index contributed by atoms with van der Waals surface area (Å²) in [5.74, 6) is 0. The van der Waals surface area contributed by atoms with Crippen molar-refractivity contribution in [2.45, 2.75) is 66.7 Å². The minimum atomic E-state index is 0.313. The Kier molecular flexibility index (Phi) is 8.10. The molecule has 1 aliphatic carbocycles. The van der Waals surface area contributed by atoms with Crippen molar-refractivity contribution in [1.82, 2.24) is 0 Å². The highest BCUT2D eigenvalue weighted by Gasteiger charge is 2.26. The molecule has 2 rings (SSSR count). The van der Waals surface area contributed by atoms with Crippen molar-refractivity contribution < 1.29 is 0 Å². The minimum Gasteiger partial charge on any atom is -0.0813 e. The largest absolute Gasteiger partial charge is 0.0813 e. The average Bonchev–Trinajstić information content (AvgIpc) is 2.61. The molecule has 144 valence electrons. The van der Waals surface area contributed by atoms with E-state index in [1.54, 1.807) is 5.57 Å². The second-order valence-electron chi connectivity index (χ2n) is 8.51. The Morgan fingerprint density at radius 3 is 2.48 bits per heavy atom. The zero-order valence-electron chi connectivity index (χ0n) is 17.9. The molecule has 1 aliphatic rings. The zero-order valence-corrected chi connectivity index (χ0v) is 17.9. The lowest BCUT2D eigenvalue weighted by atomic mass is 9.72. The van der Waals surface area contributed by atoms with Gasteiger partial charge in [0.05, 0.1) is 0 Å². The van der Waals surface area contributed by atoms with Crippen LogP contribution in [-0.4, -0.2) is 0 Å². The highest BCUT2D eigenvalue weighted by Crippen LogP contribution is 2.40. The molecule has 0 fully saturated rings. The monoisotopic (exact) mass is 360 g/mol. The third kappa shape index (κ3) is 7.21. The van der Waals surface area contributed by atoms with E-state index in [1.807, 2.05) is 0 Å². The van der Waals surface area contributed by atoms with Gasteiger partial charge in [-0.25, -0.2) is 0 Å². The maximum absolute atomic E-state index is 2.37. The van der Waals surface area contributed by atoms with Gasteiger partial charge in [0.15, 0.2) is 0 Å². The van der Waals surface area contributed by atoms with Crippen molar-refractivity contribution in [3.8, 4) is 0 Å². The molecule has 0 saturated heterocycles. The number of hydrogen-bond donors (Lipinski definition) is 0. The molecule has 0 heteroatoms. The number of benzene rings is 1. The third-order valence-electron chi connectivity index (χ3n) is 5.52. The van der Waals surface area contributed by atoms with Gasteiger partial charge < -0.3 is 0 Å². The molecule has 1 aromatic rings. The average molecular weight is 361 g/mol. The molecule has 0 nitrogen and oxygen atoms in total. The van der Waals surface area contributed by atoms with Crippen LogP contribution in [0.1, 0.15) is 65.9 Å². The van der Waals surface area contributed by atoms with E-state index < -0.39 is 0 Å². The lowest BCUT2D eigenvalue weighted by Crippen LogP contribution is -2.19. The maximum Gasteiger partial charge on any atom is -0.0104 e. The van der Waals surface area contributed by atoms with Crippen LogP contribution in [0.2, 0.25) is 0 Å². The normalized spacial score (nSPS) is 18.7. The molecule has 1 aromatic carbocycles. The minimum absolute atomic E-state index is 0.313. The van der Waals surface area contributed by atoms with Gasteiger partial charge in [0, 0.05) is 0 Å². The van der Waals surface area contributed by atoms with Crippen LogP contribution in [0.4, 0.5) is 0 Å². The first-order chi connectivity index (χ1) is 12.9. The van der Waals surface area contributed by atoms with E-state index in [4.69, 9.17) is 0 Å². The first-order valence-electron chi connectivity index (χ1n) is 10.3. The summed E-state index contributed by atoms with van der Waals surface area (Å²) in [4.78, 5) is 0. The van der Waals surface area contributed by atoms with Crippen LogP contribution >= 0.6 is 0 Å². The second-order valence-corrected chi connectivity index (χ2v) is 8.51. The van der Waals surface area contributed by atoms with E-state index in [9.17, 15) is 0 Å². The zero-order chi connectivity index (χ0) is 19.7. The van der Waals surface area contributed by atoms with Gasteiger partial charge in [-0.15, -0.1) is 0 Å². The quantitative estimate of drug-likeness (QED) is 0.430. The third-order valence-corrected chi connectivity index (χ3v) is 5.52. The molecule has 0 aromatic heterocycles. The molecular formula is C27H36.